The minimum atomic E-state index is 0.0895. The summed E-state index contributed by atoms with van der Waals surface area (Å²) in [6, 6.07) is 0. The van der Waals surface area contributed by atoms with Gasteiger partial charge in [-0.3, -0.25) is 0 Å². The minimum Gasteiger partial charge on any atom is -0.402 e. The third-order valence-corrected chi connectivity index (χ3v) is 7.74. The zero-order valence-corrected chi connectivity index (χ0v) is 11.2. The van der Waals surface area contributed by atoms with Gasteiger partial charge in [-0.25, -0.2) is 10.9 Å². The Kier molecular flexibility index (Phi) is 3.57. The van der Waals surface area contributed by atoms with Crippen LogP contribution in [0.3, 0.4) is 0 Å². The third-order valence-electron chi connectivity index (χ3n) is 4.38. The number of hydrogen-bond acceptors (Lipinski definition) is 1. The molecule has 0 saturated carbocycles. The zero-order chi connectivity index (χ0) is 11.0. The predicted molar refractivity (Wildman–Crippen MR) is 69.0 cm³/mol. The molecule has 1 rings (SSSR count). The predicted octanol–water partition coefficient (Wildman–Crippen LogP) is 2.91. The Morgan fingerprint density at radius 3 is 2.14 bits per heavy atom. The summed E-state index contributed by atoms with van der Waals surface area (Å²) in [5.41, 5.74) is 8.82. The van der Waals surface area contributed by atoms with Crippen LogP contribution in [0.5, 0.6) is 0 Å². The van der Waals surface area contributed by atoms with E-state index in [0.717, 1.165) is 16.9 Å². The fourth-order valence-corrected chi connectivity index (χ4v) is 4.80. The second-order valence-corrected chi connectivity index (χ2v) is 7.79. The van der Waals surface area contributed by atoms with Gasteiger partial charge in [0.1, 0.15) is 0 Å². The van der Waals surface area contributed by atoms with Crippen LogP contribution >= 0.6 is 10.9 Å². The first-order chi connectivity index (χ1) is 6.37. The SMILES string of the molecule is CC1=C(N)C(C)[C@H](C)[C@@H](C)[SH](C)C1C. The van der Waals surface area contributed by atoms with Crippen LogP contribution in [0, 0.1) is 11.8 Å². The molecule has 0 radical (unpaired) electrons. The second-order valence-electron chi connectivity index (χ2n) is 4.87. The van der Waals surface area contributed by atoms with E-state index < -0.39 is 0 Å². The Bertz CT molecular complexity index is 223. The van der Waals surface area contributed by atoms with Crippen LogP contribution in [0.2, 0.25) is 0 Å². The zero-order valence-electron chi connectivity index (χ0n) is 10.3. The molecule has 0 amide bonds. The Morgan fingerprint density at radius 1 is 1.14 bits per heavy atom. The molecule has 3 unspecified atom stereocenters. The fraction of sp³-hybridized carbons (Fsp3) is 0.833. The monoisotopic (exact) mass is 215 g/mol. The smallest absolute Gasteiger partial charge is 0.0112 e. The van der Waals surface area contributed by atoms with Crippen molar-refractivity contribution in [2.45, 2.75) is 45.1 Å². The number of allylic oxidation sites excluding steroid dienone is 1. The van der Waals surface area contributed by atoms with Crippen LogP contribution in [0.1, 0.15) is 34.6 Å². The van der Waals surface area contributed by atoms with E-state index in [9.17, 15) is 0 Å². The maximum atomic E-state index is 6.22. The minimum absolute atomic E-state index is 0.0895. The van der Waals surface area contributed by atoms with Gasteiger partial charge in [0.15, 0.2) is 0 Å². The number of rotatable bonds is 0. The molecule has 0 bridgehead atoms. The van der Waals surface area contributed by atoms with Crippen molar-refractivity contribution in [2.24, 2.45) is 17.6 Å². The summed E-state index contributed by atoms with van der Waals surface area (Å²) in [6.07, 6.45) is 2.43. The highest BCUT2D eigenvalue weighted by molar-refractivity contribution is 8.17. The van der Waals surface area contributed by atoms with Crippen LogP contribution in [-0.4, -0.2) is 16.8 Å². The van der Waals surface area contributed by atoms with Gasteiger partial charge in [-0.05, 0) is 35.8 Å². The van der Waals surface area contributed by atoms with E-state index in [1.165, 1.54) is 5.57 Å². The number of nitrogens with two attached hydrogens (primary N) is 1. The lowest BCUT2D eigenvalue weighted by atomic mass is 9.88. The van der Waals surface area contributed by atoms with Gasteiger partial charge < -0.3 is 5.73 Å². The van der Waals surface area contributed by atoms with E-state index in [1.54, 1.807) is 0 Å². The molecule has 14 heavy (non-hydrogen) atoms. The largest absolute Gasteiger partial charge is 0.402 e. The van der Waals surface area contributed by atoms with E-state index in [2.05, 4.69) is 40.9 Å². The second kappa shape index (κ2) is 4.18. The van der Waals surface area contributed by atoms with Crippen LogP contribution in [-0.2, 0) is 0 Å². The number of thiol groups is 1. The molecular weight excluding hydrogens is 190 g/mol. The molecule has 5 atom stereocenters. The molecule has 0 fully saturated rings. The van der Waals surface area contributed by atoms with Gasteiger partial charge in [0.05, 0.1) is 0 Å². The summed E-state index contributed by atoms with van der Waals surface area (Å²) >= 11 is 0. The van der Waals surface area contributed by atoms with Crippen molar-refractivity contribution < 1.29 is 0 Å². The topological polar surface area (TPSA) is 26.0 Å². The molecular formula is C12H25NS. The van der Waals surface area contributed by atoms with Crippen LogP contribution < -0.4 is 5.73 Å². The molecule has 0 aromatic heterocycles. The lowest BCUT2D eigenvalue weighted by molar-refractivity contribution is 0.434. The van der Waals surface area contributed by atoms with Gasteiger partial charge in [-0.2, -0.15) is 0 Å². The summed E-state index contributed by atoms with van der Waals surface area (Å²) in [5, 5.41) is 1.53. The molecule has 1 aliphatic rings. The Hall–Kier alpha value is -0.110. The molecule has 84 valence electrons. The number of hydrogen-bond donors (Lipinski definition) is 2. The molecule has 0 aliphatic carbocycles. The maximum absolute atomic E-state index is 6.22. The van der Waals surface area contributed by atoms with Crippen LogP contribution in [0.25, 0.3) is 0 Å². The molecule has 0 saturated heterocycles. The summed E-state index contributed by atoms with van der Waals surface area (Å²) in [5.74, 6) is 1.28. The quantitative estimate of drug-likeness (QED) is 0.597. The van der Waals surface area contributed by atoms with Crippen molar-refractivity contribution in [1.29, 1.82) is 0 Å². The third kappa shape index (κ3) is 1.81. The normalized spacial score (nSPS) is 47.7. The fourth-order valence-electron chi connectivity index (χ4n) is 2.33. The van der Waals surface area contributed by atoms with Crippen LogP contribution in [0.15, 0.2) is 11.3 Å². The summed E-state index contributed by atoms with van der Waals surface area (Å²) < 4.78 is 0. The van der Waals surface area contributed by atoms with Crippen molar-refractivity contribution in [3.8, 4) is 0 Å². The van der Waals surface area contributed by atoms with E-state index in [4.69, 9.17) is 5.73 Å². The highest BCUT2D eigenvalue weighted by Gasteiger charge is 2.31. The van der Waals surface area contributed by atoms with Gasteiger partial charge in [0.25, 0.3) is 0 Å². The molecule has 0 aromatic carbocycles. The summed E-state index contributed by atoms with van der Waals surface area (Å²) in [6.45, 7) is 11.6. The first kappa shape index (κ1) is 12.0. The van der Waals surface area contributed by atoms with Crippen LogP contribution in [0.4, 0.5) is 0 Å². The maximum Gasteiger partial charge on any atom is 0.0112 e. The molecule has 1 aliphatic heterocycles. The van der Waals surface area contributed by atoms with Gasteiger partial charge >= 0.3 is 0 Å². The molecule has 0 aromatic rings. The van der Waals surface area contributed by atoms with Crippen molar-refractivity contribution in [3.63, 3.8) is 0 Å². The van der Waals surface area contributed by atoms with Gasteiger partial charge in [-0.1, -0.05) is 27.7 Å². The van der Waals surface area contributed by atoms with Gasteiger partial charge in [0.2, 0.25) is 0 Å². The van der Waals surface area contributed by atoms with Crippen molar-refractivity contribution in [3.05, 3.63) is 11.3 Å². The van der Waals surface area contributed by atoms with Gasteiger partial charge in [-0.15, -0.1) is 0 Å². The molecule has 2 N–H and O–H groups in total. The molecule has 1 heterocycles. The lowest BCUT2D eigenvalue weighted by Gasteiger charge is -2.33. The van der Waals surface area contributed by atoms with E-state index in [-0.39, 0.29) is 10.9 Å². The lowest BCUT2D eigenvalue weighted by Crippen LogP contribution is -2.23. The Morgan fingerprint density at radius 2 is 1.64 bits per heavy atom. The highest BCUT2D eigenvalue weighted by atomic mass is 32.2. The Labute approximate surface area is 91.5 Å². The first-order valence-corrected chi connectivity index (χ1v) is 7.48. The average Bonchev–Trinajstić information content (AvgIpc) is 2.23. The summed E-state index contributed by atoms with van der Waals surface area (Å²) in [4.78, 5) is 0. The Balaban J connectivity index is 3.09. The van der Waals surface area contributed by atoms with Crippen molar-refractivity contribution >= 4 is 10.9 Å². The van der Waals surface area contributed by atoms with E-state index in [1.807, 2.05) is 0 Å². The average molecular weight is 215 g/mol. The van der Waals surface area contributed by atoms with Gasteiger partial charge in [0, 0.05) is 10.9 Å². The molecule has 2 heteroatoms. The summed E-state index contributed by atoms with van der Waals surface area (Å²) in [7, 11) is 0.0895. The van der Waals surface area contributed by atoms with E-state index >= 15 is 0 Å². The van der Waals surface area contributed by atoms with Crippen molar-refractivity contribution in [1.82, 2.24) is 0 Å². The van der Waals surface area contributed by atoms with Crippen molar-refractivity contribution in [2.75, 3.05) is 6.26 Å². The highest BCUT2D eigenvalue weighted by Crippen LogP contribution is 2.46. The standard InChI is InChI=1S/C12H25NS/c1-7-8(2)12(13)9(3)11(5)14(6)10(7)4/h7-8,10-11,14H,13H2,1-6H3/t7-,8?,10+,11?/m0/s1. The molecule has 0 spiro atoms. The molecule has 1 nitrogen and oxygen atoms in total. The van der Waals surface area contributed by atoms with E-state index in [0.29, 0.717) is 11.2 Å². The first-order valence-electron chi connectivity index (χ1n) is 5.56.